The molecule has 2 N–H and O–H groups in total. The molecule has 1 heterocycles. The van der Waals surface area contributed by atoms with Crippen LogP contribution in [0.1, 0.15) is 31.1 Å². The highest BCUT2D eigenvalue weighted by molar-refractivity contribution is 5.88. The Morgan fingerprint density at radius 1 is 1.53 bits per heavy atom. The van der Waals surface area contributed by atoms with Gasteiger partial charge >= 0.3 is 11.7 Å². The first-order valence-electron chi connectivity index (χ1n) is 5.94. The van der Waals surface area contributed by atoms with E-state index in [4.69, 9.17) is 5.11 Å². The molecule has 0 saturated heterocycles. The molecule has 7 nitrogen and oxygen atoms in total. The number of pyridine rings is 1. The van der Waals surface area contributed by atoms with Gasteiger partial charge in [-0.15, -0.1) is 0 Å². The highest BCUT2D eigenvalue weighted by Crippen LogP contribution is 2.23. The highest BCUT2D eigenvalue weighted by Gasteiger charge is 2.19. The van der Waals surface area contributed by atoms with Crippen LogP contribution in [0.4, 0.5) is 11.5 Å². The smallest absolute Gasteiger partial charge is 0.337 e. The number of carboxylic acids is 1. The number of nitrogens with one attached hydrogen (secondary N) is 1. The summed E-state index contributed by atoms with van der Waals surface area (Å²) in [6.07, 6.45) is 1.11. The molecule has 0 saturated carbocycles. The van der Waals surface area contributed by atoms with Crippen molar-refractivity contribution in [1.82, 2.24) is 4.98 Å². The van der Waals surface area contributed by atoms with Gasteiger partial charge in [0.15, 0.2) is 0 Å². The van der Waals surface area contributed by atoms with E-state index < -0.39 is 10.9 Å². The number of carboxylic acid groups (broad SMARTS) is 1. The third kappa shape index (κ3) is 3.90. The number of nitrogens with zero attached hydrogens (tertiary/aromatic N) is 2. The number of anilines is 1. The van der Waals surface area contributed by atoms with Gasteiger partial charge in [-0.1, -0.05) is 20.8 Å². The molecule has 0 amide bonds. The SMILES string of the molecule is CC(C)C(C)CNc1ncc(C(=O)O)cc1[N+](=O)[O-]. The van der Waals surface area contributed by atoms with E-state index in [9.17, 15) is 14.9 Å². The summed E-state index contributed by atoms with van der Waals surface area (Å²) >= 11 is 0. The third-order valence-electron chi connectivity index (χ3n) is 3.04. The topological polar surface area (TPSA) is 105 Å². The van der Waals surface area contributed by atoms with Crippen LogP contribution in [0, 0.1) is 22.0 Å². The summed E-state index contributed by atoms with van der Waals surface area (Å²) in [5.41, 5.74) is -0.523. The molecule has 19 heavy (non-hydrogen) atoms. The molecule has 1 unspecified atom stereocenters. The number of hydrogen-bond donors (Lipinski definition) is 2. The molecular formula is C12H17N3O4. The molecule has 0 bridgehead atoms. The second-order valence-corrected chi connectivity index (χ2v) is 4.76. The molecule has 0 fully saturated rings. The minimum absolute atomic E-state index is 0.0995. The van der Waals surface area contributed by atoms with Gasteiger partial charge in [0.2, 0.25) is 5.82 Å². The molecule has 1 rings (SSSR count). The minimum atomic E-state index is -1.24. The van der Waals surface area contributed by atoms with Crippen molar-refractivity contribution < 1.29 is 14.8 Å². The van der Waals surface area contributed by atoms with Crippen molar-refractivity contribution in [1.29, 1.82) is 0 Å². The molecule has 0 aliphatic heterocycles. The lowest BCUT2D eigenvalue weighted by Gasteiger charge is -2.16. The molecule has 1 aromatic heterocycles. The number of aromatic nitrogens is 1. The lowest BCUT2D eigenvalue weighted by atomic mass is 9.98. The summed E-state index contributed by atoms with van der Waals surface area (Å²) in [5, 5.41) is 22.6. The summed E-state index contributed by atoms with van der Waals surface area (Å²) in [5.74, 6) is -0.384. The minimum Gasteiger partial charge on any atom is -0.478 e. The molecule has 0 spiro atoms. The Balaban J connectivity index is 2.94. The van der Waals surface area contributed by atoms with Crippen LogP contribution in [0.25, 0.3) is 0 Å². The second kappa shape index (κ2) is 6.12. The molecule has 0 radical (unpaired) electrons. The van der Waals surface area contributed by atoms with Crippen molar-refractivity contribution in [2.24, 2.45) is 11.8 Å². The van der Waals surface area contributed by atoms with Crippen molar-refractivity contribution in [3.05, 3.63) is 27.9 Å². The van der Waals surface area contributed by atoms with Crippen LogP contribution in [0.2, 0.25) is 0 Å². The number of hydrogen-bond acceptors (Lipinski definition) is 5. The molecule has 1 aromatic rings. The normalized spacial score (nSPS) is 12.2. The van der Waals surface area contributed by atoms with E-state index in [0.717, 1.165) is 12.3 Å². The van der Waals surface area contributed by atoms with Crippen LogP contribution >= 0.6 is 0 Å². The highest BCUT2D eigenvalue weighted by atomic mass is 16.6. The first kappa shape index (κ1) is 14.9. The van der Waals surface area contributed by atoms with Crippen LogP contribution in [-0.2, 0) is 0 Å². The van der Waals surface area contributed by atoms with E-state index in [2.05, 4.69) is 24.1 Å². The zero-order valence-electron chi connectivity index (χ0n) is 11.1. The number of rotatable bonds is 6. The number of aromatic carboxylic acids is 1. The molecule has 0 aliphatic carbocycles. The van der Waals surface area contributed by atoms with E-state index >= 15 is 0 Å². The van der Waals surface area contributed by atoms with Gasteiger partial charge in [0, 0.05) is 18.8 Å². The van der Waals surface area contributed by atoms with Crippen LogP contribution in [0.3, 0.4) is 0 Å². The van der Waals surface area contributed by atoms with Crippen molar-refractivity contribution in [3.8, 4) is 0 Å². The van der Waals surface area contributed by atoms with E-state index in [0.29, 0.717) is 18.4 Å². The standard InChI is InChI=1S/C12H17N3O4/c1-7(2)8(3)5-13-11-10(15(18)19)4-9(6-14-11)12(16)17/h4,6-8H,5H2,1-3H3,(H,13,14)(H,16,17). The Morgan fingerprint density at radius 2 is 2.16 bits per heavy atom. The summed E-state index contributed by atoms with van der Waals surface area (Å²) in [6.45, 7) is 6.68. The summed E-state index contributed by atoms with van der Waals surface area (Å²) in [7, 11) is 0. The van der Waals surface area contributed by atoms with E-state index in [1.165, 1.54) is 0 Å². The van der Waals surface area contributed by atoms with Gasteiger partial charge in [-0.2, -0.15) is 0 Å². The summed E-state index contributed by atoms with van der Waals surface area (Å²) < 4.78 is 0. The van der Waals surface area contributed by atoms with Crippen LogP contribution < -0.4 is 5.32 Å². The van der Waals surface area contributed by atoms with E-state index in [1.54, 1.807) is 0 Å². The van der Waals surface area contributed by atoms with Gasteiger partial charge < -0.3 is 10.4 Å². The molecule has 104 valence electrons. The lowest BCUT2D eigenvalue weighted by Crippen LogP contribution is -2.17. The largest absolute Gasteiger partial charge is 0.478 e. The Hall–Kier alpha value is -2.18. The third-order valence-corrected chi connectivity index (χ3v) is 3.04. The van der Waals surface area contributed by atoms with Crippen molar-refractivity contribution in [2.75, 3.05) is 11.9 Å². The first-order chi connectivity index (χ1) is 8.82. The maximum Gasteiger partial charge on any atom is 0.337 e. The average Bonchev–Trinajstić information content (AvgIpc) is 2.35. The molecule has 7 heteroatoms. The summed E-state index contributed by atoms with van der Waals surface area (Å²) in [4.78, 5) is 24.8. The zero-order valence-corrected chi connectivity index (χ0v) is 11.1. The van der Waals surface area contributed by atoms with E-state index in [-0.39, 0.29) is 17.1 Å². The number of nitro groups is 1. The zero-order chi connectivity index (χ0) is 14.6. The van der Waals surface area contributed by atoms with Crippen molar-refractivity contribution >= 4 is 17.5 Å². The number of carbonyl (C=O) groups is 1. The lowest BCUT2D eigenvalue weighted by molar-refractivity contribution is -0.384. The molecular weight excluding hydrogens is 250 g/mol. The quantitative estimate of drug-likeness (QED) is 0.605. The monoisotopic (exact) mass is 267 g/mol. The Bertz CT molecular complexity index is 488. The van der Waals surface area contributed by atoms with Gasteiger partial charge in [0.1, 0.15) is 0 Å². The molecule has 0 aromatic carbocycles. The van der Waals surface area contributed by atoms with Gasteiger partial charge in [0.25, 0.3) is 0 Å². The van der Waals surface area contributed by atoms with Crippen LogP contribution in [0.15, 0.2) is 12.3 Å². The Labute approximate surface area is 110 Å². The maximum absolute atomic E-state index is 10.9. The van der Waals surface area contributed by atoms with Crippen molar-refractivity contribution in [3.63, 3.8) is 0 Å². The predicted molar refractivity (Wildman–Crippen MR) is 70.3 cm³/mol. The molecule has 0 aliphatic rings. The first-order valence-corrected chi connectivity index (χ1v) is 5.94. The Kier molecular flexibility index (Phi) is 4.80. The van der Waals surface area contributed by atoms with Gasteiger partial charge in [-0.3, -0.25) is 10.1 Å². The predicted octanol–water partition coefficient (Wildman–Crippen LogP) is 2.39. The van der Waals surface area contributed by atoms with Gasteiger partial charge in [0.05, 0.1) is 10.5 Å². The fourth-order valence-electron chi connectivity index (χ4n) is 1.34. The molecule has 1 atom stereocenters. The maximum atomic E-state index is 10.9. The van der Waals surface area contributed by atoms with Crippen LogP contribution in [-0.4, -0.2) is 27.5 Å². The van der Waals surface area contributed by atoms with Crippen molar-refractivity contribution in [2.45, 2.75) is 20.8 Å². The summed E-state index contributed by atoms with van der Waals surface area (Å²) in [6, 6.07) is 1.01. The average molecular weight is 267 g/mol. The fraction of sp³-hybridized carbons (Fsp3) is 0.500. The van der Waals surface area contributed by atoms with Gasteiger partial charge in [-0.05, 0) is 11.8 Å². The fourth-order valence-corrected chi connectivity index (χ4v) is 1.34. The second-order valence-electron chi connectivity index (χ2n) is 4.76. The van der Waals surface area contributed by atoms with Gasteiger partial charge in [-0.25, -0.2) is 9.78 Å². The van der Waals surface area contributed by atoms with E-state index in [1.807, 2.05) is 6.92 Å². The van der Waals surface area contributed by atoms with Crippen LogP contribution in [0.5, 0.6) is 0 Å². The Morgan fingerprint density at radius 3 is 2.63 bits per heavy atom.